The Labute approximate surface area is 223 Å². The van der Waals surface area contributed by atoms with Gasteiger partial charge in [0.1, 0.15) is 5.69 Å². The zero-order valence-corrected chi connectivity index (χ0v) is 21.6. The van der Waals surface area contributed by atoms with Gasteiger partial charge >= 0.3 is 6.18 Å². The molecule has 1 aromatic heterocycles. The van der Waals surface area contributed by atoms with Gasteiger partial charge in [-0.05, 0) is 81.0 Å². The summed E-state index contributed by atoms with van der Waals surface area (Å²) in [5.41, 5.74) is 6.65. The molecule has 6 rings (SSSR count). The van der Waals surface area contributed by atoms with E-state index in [2.05, 4.69) is 16.4 Å². The summed E-state index contributed by atoms with van der Waals surface area (Å²) in [6.45, 7) is 1.77. The molecule has 198 valence electrons. The van der Waals surface area contributed by atoms with Crippen molar-refractivity contribution in [2.75, 3.05) is 0 Å². The Morgan fingerprint density at radius 3 is 2.39 bits per heavy atom. The summed E-state index contributed by atoms with van der Waals surface area (Å²) in [6.07, 6.45) is 0.287. The molecule has 0 aliphatic heterocycles. The molecule has 1 amide bonds. The summed E-state index contributed by atoms with van der Waals surface area (Å²) in [5, 5.41) is 18.1. The van der Waals surface area contributed by atoms with Crippen molar-refractivity contribution < 1.29 is 18.0 Å². The van der Waals surface area contributed by atoms with Gasteiger partial charge in [-0.2, -0.15) is 18.4 Å². The lowest BCUT2D eigenvalue weighted by Gasteiger charge is -2.55. The first-order chi connectivity index (χ1) is 18.0. The highest BCUT2D eigenvalue weighted by atomic mass is 35.5. The van der Waals surface area contributed by atoms with Crippen molar-refractivity contribution in [3.8, 4) is 17.3 Å². The van der Waals surface area contributed by atoms with Crippen molar-refractivity contribution in [2.24, 2.45) is 17.1 Å². The second-order valence-electron chi connectivity index (χ2n) is 10.6. The van der Waals surface area contributed by atoms with Crippen LogP contribution in [0.4, 0.5) is 13.2 Å². The van der Waals surface area contributed by atoms with Crippen LogP contribution in [0.15, 0.2) is 42.5 Å². The lowest BCUT2D eigenvalue weighted by molar-refractivity contribution is -0.137. The molecule has 3 aliphatic rings. The molecule has 1 heterocycles. The minimum Gasteiger partial charge on any atom is -0.369 e. The van der Waals surface area contributed by atoms with Gasteiger partial charge in [0.05, 0.1) is 28.4 Å². The number of nitriles is 1. The highest BCUT2D eigenvalue weighted by molar-refractivity contribution is 6.31. The fraction of sp³-hybridized carbons (Fsp3) is 0.429. The van der Waals surface area contributed by atoms with E-state index >= 15 is 0 Å². The van der Waals surface area contributed by atoms with E-state index in [1.807, 2.05) is 4.68 Å². The van der Waals surface area contributed by atoms with Crippen molar-refractivity contribution in [2.45, 2.75) is 63.6 Å². The van der Waals surface area contributed by atoms with Crippen LogP contribution in [-0.2, 0) is 22.9 Å². The quantitative estimate of drug-likeness (QED) is 0.402. The number of primary amides is 1. The number of carbonyl (C=O) groups excluding carboxylic acids is 1. The summed E-state index contributed by atoms with van der Waals surface area (Å²) in [7, 11) is 0. The van der Waals surface area contributed by atoms with Gasteiger partial charge in [0.2, 0.25) is 5.91 Å². The molecule has 38 heavy (non-hydrogen) atoms. The number of halogens is 4. The van der Waals surface area contributed by atoms with Gasteiger partial charge in [-0.15, -0.1) is 5.10 Å². The second-order valence-corrected chi connectivity index (χ2v) is 11.0. The van der Waals surface area contributed by atoms with Crippen molar-refractivity contribution in [1.82, 2.24) is 15.0 Å². The molecule has 2 aromatic carbocycles. The Morgan fingerprint density at radius 1 is 1.16 bits per heavy atom. The van der Waals surface area contributed by atoms with Crippen molar-refractivity contribution in [3.63, 3.8) is 0 Å². The SMILES string of the molecule is Cc1c(-c2ccccc2C(F)(F)F)nnn1C12CCC(C(Cc3ccc(C#N)cc3Cl)C(N)=O)(CC1)CC2. The van der Waals surface area contributed by atoms with Crippen LogP contribution in [0.3, 0.4) is 0 Å². The maximum Gasteiger partial charge on any atom is 0.417 e. The summed E-state index contributed by atoms with van der Waals surface area (Å²) in [4.78, 5) is 12.7. The first-order valence-corrected chi connectivity index (χ1v) is 12.9. The number of nitrogens with zero attached hydrogens (tertiary/aromatic N) is 4. The Kier molecular flexibility index (Phi) is 6.50. The standard InChI is InChI=1S/C28H27ClF3N5O/c1-17-24(20-4-2-3-5-21(20)28(30,31)32)35-36-37(17)27-11-8-26(9-12-27,10-13-27)22(25(34)38)15-19-7-6-18(16-33)14-23(19)29/h2-7,14,22H,8-13,15H2,1H3,(H2,34,38). The van der Waals surface area contributed by atoms with Gasteiger partial charge in [0.25, 0.3) is 0 Å². The topological polar surface area (TPSA) is 97.6 Å². The molecule has 3 saturated carbocycles. The third-order valence-corrected chi connectivity index (χ3v) is 9.14. The number of hydrogen-bond acceptors (Lipinski definition) is 4. The van der Waals surface area contributed by atoms with Gasteiger partial charge in [-0.1, -0.05) is 41.1 Å². The number of fused-ring (bicyclic) bond motifs is 3. The van der Waals surface area contributed by atoms with Gasteiger partial charge in [-0.25, -0.2) is 4.68 Å². The van der Waals surface area contributed by atoms with Crippen LogP contribution >= 0.6 is 11.6 Å². The molecular weight excluding hydrogens is 515 g/mol. The van der Waals surface area contributed by atoms with Gasteiger partial charge in [-0.3, -0.25) is 4.79 Å². The maximum absolute atomic E-state index is 13.7. The number of amides is 1. The first-order valence-electron chi connectivity index (χ1n) is 12.6. The van der Waals surface area contributed by atoms with E-state index in [-0.39, 0.29) is 28.1 Å². The molecule has 3 aliphatic carbocycles. The molecular formula is C28H27ClF3N5O. The molecule has 1 atom stereocenters. The molecule has 3 fully saturated rings. The lowest BCUT2D eigenvalue weighted by atomic mass is 9.52. The number of benzene rings is 2. The van der Waals surface area contributed by atoms with E-state index < -0.39 is 17.7 Å². The number of nitrogens with two attached hydrogens (primary N) is 1. The van der Waals surface area contributed by atoms with E-state index in [4.69, 9.17) is 22.6 Å². The summed E-state index contributed by atoms with van der Waals surface area (Å²) >= 11 is 6.41. The highest BCUT2D eigenvalue weighted by Gasteiger charge is 2.55. The predicted octanol–water partition coefficient (Wildman–Crippen LogP) is 6.19. The average molecular weight is 542 g/mol. The number of rotatable bonds is 6. The molecule has 10 heteroatoms. The van der Waals surface area contributed by atoms with Crippen molar-refractivity contribution in [1.29, 1.82) is 5.26 Å². The molecule has 3 aromatic rings. The number of hydrogen-bond donors (Lipinski definition) is 1. The van der Waals surface area contributed by atoms with Gasteiger partial charge < -0.3 is 5.73 Å². The predicted molar refractivity (Wildman–Crippen MR) is 136 cm³/mol. The minimum absolute atomic E-state index is 0.0224. The Morgan fingerprint density at radius 2 is 1.82 bits per heavy atom. The van der Waals surface area contributed by atoms with Gasteiger partial charge in [0, 0.05) is 16.5 Å². The maximum atomic E-state index is 13.7. The van der Waals surface area contributed by atoms with Crippen LogP contribution < -0.4 is 5.73 Å². The molecule has 0 saturated heterocycles. The van der Waals surface area contributed by atoms with E-state index in [0.717, 1.165) is 50.2 Å². The first kappa shape index (κ1) is 26.2. The summed E-state index contributed by atoms with van der Waals surface area (Å²) in [5.74, 6) is -0.792. The van der Waals surface area contributed by atoms with Crippen LogP contribution in [0.5, 0.6) is 0 Å². The lowest BCUT2D eigenvalue weighted by Crippen LogP contribution is -2.53. The average Bonchev–Trinajstić information content (AvgIpc) is 3.30. The molecule has 1 unspecified atom stereocenters. The normalized spacial score (nSPS) is 23.7. The van der Waals surface area contributed by atoms with Crippen LogP contribution in [0.1, 0.15) is 60.9 Å². The third kappa shape index (κ3) is 4.35. The monoisotopic (exact) mass is 541 g/mol. The Hall–Kier alpha value is -3.38. The van der Waals surface area contributed by atoms with Crippen LogP contribution in [-0.4, -0.2) is 20.9 Å². The zero-order chi connectivity index (χ0) is 27.3. The smallest absolute Gasteiger partial charge is 0.369 e. The molecule has 0 radical (unpaired) electrons. The van der Waals surface area contributed by atoms with Gasteiger partial charge in [0.15, 0.2) is 0 Å². The largest absolute Gasteiger partial charge is 0.417 e. The molecule has 0 spiro atoms. The Balaban J connectivity index is 1.41. The minimum atomic E-state index is -4.50. The van der Waals surface area contributed by atoms with Crippen LogP contribution in [0, 0.1) is 29.6 Å². The molecule has 2 N–H and O–H groups in total. The van der Waals surface area contributed by atoms with E-state index in [0.29, 0.717) is 22.7 Å². The van der Waals surface area contributed by atoms with Crippen LogP contribution in [0.25, 0.3) is 11.3 Å². The van der Waals surface area contributed by atoms with Crippen molar-refractivity contribution in [3.05, 3.63) is 69.9 Å². The summed E-state index contributed by atoms with van der Waals surface area (Å²) in [6, 6.07) is 12.6. The molecule has 2 bridgehead atoms. The van der Waals surface area contributed by atoms with E-state index in [1.54, 1.807) is 31.2 Å². The summed E-state index contributed by atoms with van der Waals surface area (Å²) < 4.78 is 42.8. The van der Waals surface area contributed by atoms with Crippen molar-refractivity contribution >= 4 is 17.5 Å². The zero-order valence-electron chi connectivity index (χ0n) is 20.9. The highest BCUT2D eigenvalue weighted by Crippen LogP contribution is 2.59. The van der Waals surface area contributed by atoms with E-state index in [1.165, 1.54) is 12.1 Å². The number of carbonyl (C=O) groups is 1. The Bertz CT molecular complexity index is 1420. The fourth-order valence-electron chi connectivity index (χ4n) is 6.62. The third-order valence-electron chi connectivity index (χ3n) is 8.79. The number of alkyl halides is 3. The fourth-order valence-corrected chi connectivity index (χ4v) is 6.88. The second kappa shape index (κ2) is 9.42. The van der Waals surface area contributed by atoms with E-state index in [9.17, 15) is 18.0 Å². The van der Waals surface area contributed by atoms with Crippen LogP contribution in [0.2, 0.25) is 5.02 Å². The molecule has 6 nitrogen and oxygen atoms in total. The number of aromatic nitrogens is 3.